The Balaban J connectivity index is 2.47. The summed E-state index contributed by atoms with van der Waals surface area (Å²) in [5, 5.41) is 0.556. The fraction of sp³-hybridized carbons (Fsp3) is 0.429. The lowest BCUT2D eigenvalue weighted by molar-refractivity contribution is 0.553. The molecule has 0 aliphatic heterocycles. The Morgan fingerprint density at radius 2 is 2.00 bits per heavy atom. The molecule has 0 spiro atoms. The molecule has 0 radical (unpaired) electrons. The number of halogens is 2. The van der Waals surface area contributed by atoms with Gasteiger partial charge in [-0.05, 0) is 37.5 Å². The summed E-state index contributed by atoms with van der Waals surface area (Å²) < 4.78 is 13.0. The number of rotatable bonds is 2. The molecule has 0 N–H and O–H groups in total. The lowest BCUT2D eigenvalue weighted by Crippen LogP contribution is -2.19. The molecule has 1 aliphatic carbocycles. The first-order valence-corrected chi connectivity index (χ1v) is 6.15. The Morgan fingerprint density at radius 3 is 2.56 bits per heavy atom. The van der Waals surface area contributed by atoms with Gasteiger partial charge in [0, 0.05) is 10.4 Å². The molecule has 86 valence electrons. The molecule has 16 heavy (non-hydrogen) atoms. The summed E-state index contributed by atoms with van der Waals surface area (Å²) in [4.78, 5) is 0. The summed E-state index contributed by atoms with van der Waals surface area (Å²) in [6.45, 7) is 2.03. The molecule has 1 fully saturated rings. The van der Waals surface area contributed by atoms with E-state index in [0.717, 1.165) is 18.4 Å². The zero-order chi connectivity index (χ0) is 11.6. The van der Waals surface area contributed by atoms with Gasteiger partial charge in [-0.25, -0.2) is 4.39 Å². The van der Waals surface area contributed by atoms with Gasteiger partial charge in [0.05, 0.1) is 0 Å². The van der Waals surface area contributed by atoms with Gasteiger partial charge < -0.3 is 0 Å². The molecule has 1 aromatic carbocycles. The van der Waals surface area contributed by atoms with E-state index in [0.29, 0.717) is 5.02 Å². The number of benzene rings is 1. The van der Waals surface area contributed by atoms with E-state index >= 15 is 0 Å². The van der Waals surface area contributed by atoms with Crippen LogP contribution in [0, 0.1) is 5.82 Å². The first kappa shape index (κ1) is 11.7. The van der Waals surface area contributed by atoms with Crippen molar-refractivity contribution in [2.75, 3.05) is 0 Å². The van der Waals surface area contributed by atoms with Gasteiger partial charge in [-0.3, -0.25) is 0 Å². The number of hydrogen-bond acceptors (Lipinski definition) is 0. The van der Waals surface area contributed by atoms with Crippen LogP contribution in [0.5, 0.6) is 0 Å². The predicted octanol–water partition coefficient (Wildman–Crippen LogP) is 4.87. The molecule has 0 bridgehead atoms. The first-order valence-electron chi connectivity index (χ1n) is 5.77. The molecule has 2 rings (SSSR count). The summed E-state index contributed by atoms with van der Waals surface area (Å²) in [6.07, 6.45) is 8.96. The highest BCUT2D eigenvalue weighted by Gasteiger charge is 2.34. The van der Waals surface area contributed by atoms with Gasteiger partial charge in [-0.2, -0.15) is 0 Å². The Kier molecular flexibility index (Phi) is 3.34. The molecule has 0 aromatic heterocycles. The second-order valence-corrected chi connectivity index (χ2v) is 4.89. The van der Waals surface area contributed by atoms with Gasteiger partial charge in [0.25, 0.3) is 0 Å². The lowest BCUT2D eigenvalue weighted by Gasteiger charge is -2.27. The maximum atomic E-state index is 13.0. The van der Waals surface area contributed by atoms with E-state index in [1.807, 2.05) is 13.0 Å². The minimum Gasteiger partial charge on any atom is -0.207 e. The summed E-state index contributed by atoms with van der Waals surface area (Å²) in [5.74, 6) is -0.262. The van der Waals surface area contributed by atoms with Gasteiger partial charge >= 0.3 is 0 Å². The number of allylic oxidation sites excluding steroid dienone is 2. The van der Waals surface area contributed by atoms with Gasteiger partial charge in [-0.1, -0.05) is 42.7 Å². The summed E-state index contributed by atoms with van der Waals surface area (Å²) in [7, 11) is 0. The quantitative estimate of drug-likeness (QED) is 0.645. The second kappa shape index (κ2) is 4.58. The van der Waals surface area contributed by atoms with Crippen molar-refractivity contribution in [2.24, 2.45) is 0 Å². The summed E-state index contributed by atoms with van der Waals surface area (Å²) in [5.41, 5.74) is 1.12. The van der Waals surface area contributed by atoms with Crippen LogP contribution in [0.4, 0.5) is 4.39 Å². The second-order valence-electron chi connectivity index (χ2n) is 4.49. The first-order chi connectivity index (χ1) is 7.68. The molecule has 0 saturated heterocycles. The molecule has 0 nitrogen and oxygen atoms in total. The molecular weight excluding hydrogens is 223 g/mol. The average Bonchev–Trinajstić information content (AvgIpc) is 2.67. The van der Waals surface area contributed by atoms with Crippen molar-refractivity contribution in [3.8, 4) is 0 Å². The highest BCUT2D eigenvalue weighted by Crippen LogP contribution is 2.44. The van der Waals surface area contributed by atoms with Crippen LogP contribution in [0.1, 0.15) is 38.2 Å². The van der Waals surface area contributed by atoms with Crippen molar-refractivity contribution in [3.05, 3.63) is 46.8 Å². The van der Waals surface area contributed by atoms with Crippen molar-refractivity contribution >= 4 is 11.6 Å². The normalized spacial score (nSPS) is 19.4. The monoisotopic (exact) mass is 238 g/mol. The van der Waals surface area contributed by atoms with Crippen molar-refractivity contribution in [3.63, 3.8) is 0 Å². The molecule has 0 amide bonds. The lowest BCUT2D eigenvalue weighted by atomic mass is 9.78. The van der Waals surface area contributed by atoms with E-state index in [2.05, 4.69) is 12.2 Å². The Bertz CT molecular complexity index is 403. The van der Waals surface area contributed by atoms with Crippen molar-refractivity contribution in [2.45, 2.75) is 38.0 Å². The van der Waals surface area contributed by atoms with E-state index in [-0.39, 0.29) is 11.2 Å². The Labute approximate surface area is 101 Å². The van der Waals surface area contributed by atoms with E-state index in [1.54, 1.807) is 0 Å². The molecular formula is C14H16ClF. The minimum absolute atomic E-state index is 0.0412. The Hall–Kier alpha value is -0.820. The average molecular weight is 239 g/mol. The van der Waals surface area contributed by atoms with Gasteiger partial charge in [-0.15, -0.1) is 0 Å². The van der Waals surface area contributed by atoms with Crippen LogP contribution in [-0.4, -0.2) is 0 Å². The van der Waals surface area contributed by atoms with Crippen LogP contribution in [0.25, 0.3) is 0 Å². The van der Waals surface area contributed by atoms with Gasteiger partial charge in [0.1, 0.15) is 5.82 Å². The molecule has 1 aliphatic rings. The van der Waals surface area contributed by atoms with E-state index in [4.69, 9.17) is 11.6 Å². The maximum absolute atomic E-state index is 13.0. The summed E-state index contributed by atoms with van der Waals surface area (Å²) in [6, 6.07) is 4.76. The number of hydrogen-bond donors (Lipinski definition) is 0. The minimum atomic E-state index is -0.262. The third kappa shape index (κ3) is 2.01. The molecule has 0 atom stereocenters. The topological polar surface area (TPSA) is 0 Å². The molecule has 0 heterocycles. The zero-order valence-corrected chi connectivity index (χ0v) is 10.2. The van der Waals surface area contributed by atoms with Crippen LogP contribution in [-0.2, 0) is 5.41 Å². The molecule has 1 aromatic rings. The third-order valence-corrected chi connectivity index (χ3v) is 3.76. The van der Waals surface area contributed by atoms with Crippen LogP contribution < -0.4 is 0 Å². The molecule has 1 saturated carbocycles. The van der Waals surface area contributed by atoms with Crippen LogP contribution in [0.15, 0.2) is 30.4 Å². The van der Waals surface area contributed by atoms with Crippen LogP contribution >= 0.6 is 11.6 Å². The Morgan fingerprint density at radius 1 is 1.31 bits per heavy atom. The van der Waals surface area contributed by atoms with Gasteiger partial charge in [0.2, 0.25) is 0 Å². The van der Waals surface area contributed by atoms with Crippen molar-refractivity contribution in [1.82, 2.24) is 0 Å². The highest BCUT2D eigenvalue weighted by atomic mass is 35.5. The zero-order valence-electron chi connectivity index (χ0n) is 9.47. The third-order valence-electron chi connectivity index (χ3n) is 3.45. The van der Waals surface area contributed by atoms with Crippen LogP contribution in [0.2, 0.25) is 5.02 Å². The largest absolute Gasteiger partial charge is 0.207 e. The predicted molar refractivity (Wildman–Crippen MR) is 66.4 cm³/mol. The molecule has 2 heteroatoms. The maximum Gasteiger partial charge on any atom is 0.124 e. The van der Waals surface area contributed by atoms with E-state index in [9.17, 15) is 4.39 Å². The van der Waals surface area contributed by atoms with E-state index in [1.165, 1.54) is 25.0 Å². The smallest absolute Gasteiger partial charge is 0.124 e. The SMILES string of the molecule is C/C=C/C1(c2ccc(F)cc2Cl)CCCC1. The highest BCUT2D eigenvalue weighted by molar-refractivity contribution is 6.31. The summed E-state index contributed by atoms with van der Waals surface area (Å²) >= 11 is 6.16. The van der Waals surface area contributed by atoms with E-state index < -0.39 is 0 Å². The van der Waals surface area contributed by atoms with Crippen LogP contribution in [0.3, 0.4) is 0 Å². The fourth-order valence-electron chi connectivity index (χ4n) is 2.74. The standard InChI is InChI=1S/C14H16ClF/c1-2-7-14(8-3-4-9-14)12-6-5-11(16)10-13(12)15/h2,5-7,10H,3-4,8-9H2,1H3/b7-2+. The molecule has 0 unspecified atom stereocenters. The fourth-order valence-corrected chi connectivity index (χ4v) is 3.10. The van der Waals surface area contributed by atoms with Gasteiger partial charge in [0.15, 0.2) is 0 Å². The van der Waals surface area contributed by atoms with Crippen molar-refractivity contribution in [1.29, 1.82) is 0 Å². The van der Waals surface area contributed by atoms with Crippen molar-refractivity contribution < 1.29 is 4.39 Å².